The Morgan fingerprint density at radius 2 is 1.29 bits per heavy atom. The number of aromatic amines is 2. The Balaban J connectivity index is 1.25. The molecule has 5 aromatic rings. The first-order valence-corrected chi connectivity index (χ1v) is 24.5. The van der Waals surface area contributed by atoms with E-state index in [0.717, 1.165) is 27.5 Å². The molecule has 0 bridgehead atoms. The second-order valence-electron chi connectivity index (χ2n) is 17.5. The minimum Gasteiger partial charge on any atom is -0.497 e. The summed E-state index contributed by atoms with van der Waals surface area (Å²) in [5.74, 6) is 0.0259. The summed E-state index contributed by atoms with van der Waals surface area (Å²) in [7, 11) is -3.34. The quantitative estimate of drug-likeness (QED) is 0.0682. The number of nitrogens with one attached hydrogen (secondary N) is 2. The predicted molar refractivity (Wildman–Crippen MR) is 253 cm³/mol. The van der Waals surface area contributed by atoms with Gasteiger partial charge in [0.15, 0.2) is 10.9 Å². The molecule has 0 saturated carbocycles. The smallest absolute Gasteiger partial charge is 0.475 e. The van der Waals surface area contributed by atoms with Crippen molar-refractivity contribution in [2.75, 3.05) is 32.7 Å². The van der Waals surface area contributed by atoms with Gasteiger partial charge in [-0.1, -0.05) is 98.4 Å². The number of hydrogen-bond acceptors (Lipinski definition) is 16. The van der Waals surface area contributed by atoms with E-state index < -0.39 is 97.2 Å². The number of ether oxygens (including phenoxy) is 4. The second kappa shape index (κ2) is 21.6. The second-order valence-corrected chi connectivity index (χ2v) is 20.2. The Morgan fingerprint density at radius 1 is 0.768 bits per heavy atom. The summed E-state index contributed by atoms with van der Waals surface area (Å²) >= 11 is 0.809. The molecule has 368 valence electrons. The third-order valence-corrected chi connectivity index (χ3v) is 14.3. The van der Waals surface area contributed by atoms with Gasteiger partial charge in [-0.05, 0) is 42.7 Å². The number of aromatic nitrogens is 4. The van der Waals surface area contributed by atoms with Gasteiger partial charge in [0.2, 0.25) is 0 Å². The molecule has 1 unspecified atom stereocenters. The van der Waals surface area contributed by atoms with Crippen LogP contribution in [0.2, 0.25) is 0 Å². The fraction of sp³-hybridized carbons (Fsp3) is 0.417. The normalized spacial score (nSPS) is 21.5. The van der Waals surface area contributed by atoms with Crippen molar-refractivity contribution in [3.8, 4) is 5.75 Å². The van der Waals surface area contributed by atoms with E-state index in [4.69, 9.17) is 32.5 Å². The van der Waals surface area contributed by atoms with Crippen LogP contribution in [0.5, 0.6) is 5.75 Å². The highest BCUT2D eigenvalue weighted by Crippen LogP contribution is 2.55. The van der Waals surface area contributed by atoms with Gasteiger partial charge in [0, 0.05) is 48.7 Å². The van der Waals surface area contributed by atoms with E-state index in [9.17, 15) is 33.9 Å². The lowest BCUT2D eigenvalue weighted by molar-refractivity contribution is -0.126. The highest BCUT2D eigenvalue weighted by Gasteiger charge is 2.48. The summed E-state index contributed by atoms with van der Waals surface area (Å²) in [6, 6.07) is 26.3. The zero-order chi connectivity index (χ0) is 49.7. The van der Waals surface area contributed by atoms with Gasteiger partial charge in [-0.3, -0.25) is 51.9 Å². The van der Waals surface area contributed by atoms with Gasteiger partial charge < -0.3 is 24.1 Å². The largest absolute Gasteiger partial charge is 0.497 e. The van der Waals surface area contributed by atoms with Crippen LogP contribution in [0.1, 0.15) is 73.9 Å². The molecule has 7 atom stereocenters. The van der Waals surface area contributed by atoms with Crippen molar-refractivity contribution in [2.24, 2.45) is 5.41 Å². The lowest BCUT2D eigenvalue weighted by atomic mass is 9.80. The van der Waals surface area contributed by atoms with Crippen LogP contribution in [0, 0.1) is 19.3 Å². The molecule has 0 amide bonds. The third kappa shape index (κ3) is 11.7. The number of benzene rings is 3. The maximum atomic E-state index is 15.2. The van der Waals surface area contributed by atoms with Crippen LogP contribution < -0.4 is 27.2 Å². The number of aliphatic hydroxyl groups is 1. The van der Waals surface area contributed by atoms with Crippen molar-refractivity contribution >= 4 is 30.5 Å². The summed E-state index contributed by atoms with van der Waals surface area (Å²) in [5.41, 5.74) is -2.76. The molecule has 2 saturated heterocycles. The number of hydrogen-bond donors (Lipinski definition) is 3. The number of carbonyl (C=O) groups is 2. The lowest BCUT2D eigenvalue weighted by Crippen LogP contribution is -2.39. The predicted octanol–water partition coefficient (Wildman–Crippen LogP) is 5.06. The zero-order valence-electron chi connectivity index (χ0n) is 38.9. The van der Waals surface area contributed by atoms with Crippen LogP contribution in [0.15, 0.2) is 117 Å². The van der Waals surface area contributed by atoms with Crippen molar-refractivity contribution in [1.29, 1.82) is 0 Å². The van der Waals surface area contributed by atoms with E-state index in [2.05, 4.69) is 9.97 Å². The molecule has 2 aromatic heterocycles. The molecule has 2 aliphatic heterocycles. The summed E-state index contributed by atoms with van der Waals surface area (Å²) < 4.78 is 61.1. The van der Waals surface area contributed by atoms with Gasteiger partial charge in [-0.15, -0.1) is 0 Å². The number of methoxy groups -OCH3 is 1. The van der Waals surface area contributed by atoms with E-state index in [1.165, 1.54) is 37.7 Å². The number of carbonyl (C=O) groups excluding carboxylic acids is 2. The number of Topliss-reactive ketones (excluding diaryl/α,β-unsaturated/α-hetero) is 1. The summed E-state index contributed by atoms with van der Waals surface area (Å²) in [6.07, 6.45) is -4.66. The van der Waals surface area contributed by atoms with Crippen LogP contribution in [0.25, 0.3) is 0 Å². The highest BCUT2D eigenvalue weighted by molar-refractivity contribution is 8.14. The molecule has 2 aliphatic rings. The van der Waals surface area contributed by atoms with Crippen molar-refractivity contribution < 1.29 is 51.8 Å². The van der Waals surface area contributed by atoms with Crippen LogP contribution in [0.4, 0.5) is 0 Å². The Hall–Kier alpha value is -5.54. The van der Waals surface area contributed by atoms with Crippen molar-refractivity contribution in [1.82, 2.24) is 19.1 Å². The fourth-order valence-electron chi connectivity index (χ4n) is 8.01. The minimum absolute atomic E-state index is 0.107. The number of aliphatic hydroxyl groups excluding tert-OH is 1. The maximum absolute atomic E-state index is 15.2. The number of H-pyrrole nitrogens is 2. The number of phosphoric ester groups is 1. The van der Waals surface area contributed by atoms with Gasteiger partial charge in [-0.2, -0.15) is 0 Å². The van der Waals surface area contributed by atoms with Gasteiger partial charge >= 0.3 is 19.2 Å². The fourth-order valence-corrected chi connectivity index (χ4v) is 10.3. The van der Waals surface area contributed by atoms with E-state index in [1.54, 1.807) is 33.1 Å². The Morgan fingerprint density at radius 3 is 1.83 bits per heavy atom. The number of ketones is 1. The summed E-state index contributed by atoms with van der Waals surface area (Å²) in [5, 5.41) is 10.9. The average Bonchev–Trinajstić information content (AvgIpc) is 3.91. The van der Waals surface area contributed by atoms with E-state index >= 15 is 4.57 Å². The van der Waals surface area contributed by atoms with Gasteiger partial charge in [-0.25, -0.2) is 14.2 Å². The monoisotopic (exact) mass is 990 g/mol. The molecule has 21 heteroatoms. The van der Waals surface area contributed by atoms with Crippen LogP contribution in [-0.4, -0.2) is 92.2 Å². The van der Waals surface area contributed by atoms with Crippen molar-refractivity contribution in [3.05, 3.63) is 167 Å². The number of phosphoric acid groups is 1. The third-order valence-electron chi connectivity index (χ3n) is 12.0. The summed E-state index contributed by atoms with van der Waals surface area (Å²) in [6.45, 7) is 6.03. The van der Waals surface area contributed by atoms with E-state index in [0.29, 0.717) is 11.3 Å². The standard InChI is InChI=1S/C48H55N4O15PS/c1-29-23-51(45(58)49-43(29)56)41-21-36(54)38(65-41)26-63-68(60,64-28-47(4,5)40(55)27-69-31(3)53)67-37-22-42(52-24-30(2)44(57)50-46(52)59)66-39(37)25-62-48(32-13-9-7-10-14-32,33-15-11-8-12-16-33)34-17-19-35(61-6)20-18-34/h7-20,23-24,36-39,41-42,54H,21-22,25-28H2,1-6H3,(H,49,56,58)(H,50,57,59)/t36-,37-,38+,39+,41+,42+,68?/m0/s1. The maximum Gasteiger partial charge on any atom is 0.475 e. The molecule has 3 N–H and O–H groups in total. The van der Waals surface area contributed by atoms with Crippen molar-refractivity contribution in [3.63, 3.8) is 0 Å². The van der Waals surface area contributed by atoms with Crippen molar-refractivity contribution in [2.45, 2.75) is 89.9 Å². The molecule has 4 heterocycles. The molecular formula is C48H55N4O15PS. The van der Waals surface area contributed by atoms with Crippen LogP contribution >= 0.6 is 19.6 Å². The zero-order valence-corrected chi connectivity index (χ0v) is 40.6. The SMILES string of the molecule is COc1ccc(C(OC[C@H]2O[C@@H](n3cc(C)c(=O)[nH]c3=O)C[C@@H]2OP(=O)(OC[C@H]2O[C@@H](n3cc(C)c(=O)[nH]c3=O)C[C@@H]2O)OCC(C)(C)C(=O)CSC(C)=O)(c2ccccc2)c2ccccc2)cc1. The highest BCUT2D eigenvalue weighted by atomic mass is 32.2. The Kier molecular flexibility index (Phi) is 16.1. The number of aryl methyl sites for hydroxylation is 2. The molecule has 7 rings (SSSR count). The van der Waals surface area contributed by atoms with Gasteiger partial charge in [0.25, 0.3) is 11.1 Å². The molecule has 19 nitrogen and oxygen atoms in total. The summed E-state index contributed by atoms with van der Waals surface area (Å²) in [4.78, 5) is 80.2. The Bertz CT molecular complexity index is 2860. The van der Waals surface area contributed by atoms with Crippen LogP contribution in [0.3, 0.4) is 0 Å². The van der Waals surface area contributed by atoms with Gasteiger partial charge in [0.1, 0.15) is 42.1 Å². The number of thioether (sulfide) groups is 1. The first-order chi connectivity index (χ1) is 32.8. The number of nitrogens with zero attached hydrogens (tertiary/aromatic N) is 2. The molecule has 2 fully saturated rings. The molecular weight excluding hydrogens is 936 g/mol. The van der Waals surface area contributed by atoms with E-state index in [1.807, 2.05) is 72.8 Å². The molecule has 3 aromatic carbocycles. The average molecular weight is 991 g/mol. The Labute approximate surface area is 400 Å². The van der Waals surface area contributed by atoms with E-state index in [-0.39, 0.29) is 41.4 Å². The molecule has 69 heavy (non-hydrogen) atoms. The molecule has 0 spiro atoms. The first kappa shape index (κ1) is 51.3. The lowest BCUT2D eigenvalue weighted by Gasteiger charge is -2.37. The topological polar surface area (TPSA) is 246 Å². The molecule has 0 radical (unpaired) electrons. The van der Waals surface area contributed by atoms with Gasteiger partial charge in [0.05, 0.1) is 38.8 Å². The first-order valence-electron chi connectivity index (χ1n) is 22.1. The van der Waals surface area contributed by atoms with Crippen LogP contribution in [-0.2, 0) is 47.5 Å². The number of rotatable bonds is 20. The minimum atomic E-state index is -4.90. The molecule has 0 aliphatic carbocycles.